The number of methoxy groups -OCH3 is 1. The molecule has 2 aromatic rings. The van der Waals surface area contributed by atoms with Gasteiger partial charge in [-0.2, -0.15) is 0 Å². The van der Waals surface area contributed by atoms with Crippen LogP contribution in [0.4, 0.5) is 0 Å². The van der Waals surface area contributed by atoms with Gasteiger partial charge in [-0.05, 0) is 23.8 Å². The molecule has 110 valence electrons. The third kappa shape index (κ3) is 4.17. The Hall–Kier alpha value is -1.62. The van der Waals surface area contributed by atoms with Crippen molar-refractivity contribution >= 4 is 29.2 Å². The average molecular weight is 326 g/mol. The molecule has 0 unspecified atom stereocenters. The van der Waals surface area contributed by atoms with E-state index in [4.69, 9.17) is 32.7 Å². The van der Waals surface area contributed by atoms with Crippen LogP contribution >= 0.6 is 23.2 Å². The van der Waals surface area contributed by atoms with Crippen molar-refractivity contribution < 1.29 is 14.3 Å². The van der Waals surface area contributed by atoms with Crippen LogP contribution in [0.3, 0.4) is 0 Å². The molecule has 1 aromatic heterocycles. The number of ether oxygens (including phenoxy) is 2. The highest BCUT2D eigenvalue weighted by molar-refractivity contribution is 6.32. The second-order valence-electron chi connectivity index (χ2n) is 4.23. The molecule has 0 saturated heterocycles. The van der Waals surface area contributed by atoms with Crippen molar-refractivity contribution in [3.63, 3.8) is 0 Å². The van der Waals surface area contributed by atoms with Crippen molar-refractivity contribution in [3.05, 3.63) is 63.4 Å². The van der Waals surface area contributed by atoms with E-state index >= 15 is 0 Å². The number of carbonyl (C=O) groups excluding carboxylic acids is 1. The molecule has 0 saturated carbocycles. The van der Waals surface area contributed by atoms with Crippen molar-refractivity contribution in [1.82, 2.24) is 4.98 Å². The molecule has 0 aliphatic rings. The first kappa shape index (κ1) is 15.8. The van der Waals surface area contributed by atoms with Crippen molar-refractivity contribution in [1.29, 1.82) is 0 Å². The minimum Gasteiger partial charge on any atom is -0.456 e. The average Bonchev–Trinajstić information content (AvgIpc) is 2.49. The standard InChI is InChI=1S/C15H13Cl2NO3/c1-20-8-10-4-2-3-5-11(10)15(19)21-9-13-12(16)6-7-14(17)18-13/h2-7H,8-9H2,1H3. The molecule has 6 heteroatoms. The van der Waals surface area contributed by atoms with Crippen LogP contribution in [-0.2, 0) is 22.7 Å². The van der Waals surface area contributed by atoms with Crippen LogP contribution in [0.5, 0.6) is 0 Å². The summed E-state index contributed by atoms with van der Waals surface area (Å²) in [4.78, 5) is 16.2. The van der Waals surface area contributed by atoms with Gasteiger partial charge in [0.15, 0.2) is 0 Å². The van der Waals surface area contributed by atoms with Crippen LogP contribution in [0.15, 0.2) is 36.4 Å². The van der Waals surface area contributed by atoms with E-state index in [1.54, 1.807) is 31.4 Å². The zero-order valence-corrected chi connectivity index (χ0v) is 12.8. The molecule has 0 N–H and O–H groups in total. The number of halogens is 2. The highest BCUT2D eigenvalue weighted by atomic mass is 35.5. The third-order valence-corrected chi connectivity index (χ3v) is 3.32. The van der Waals surface area contributed by atoms with Crippen LogP contribution in [0, 0.1) is 0 Å². The summed E-state index contributed by atoms with van der Waals surface area (Å²) in [5.74, 6) is -0.458. The predicted octanol–water partition coefficient (Wildman–Crippen LogP) is 3.89. The summed E-state index contributed by atoms with van der Waals surface area (Å²) in [7, 11) is 1.57. The van der Waals surface area contributed by atoms with E-state index in [0.29, 0.717) is 28.0 Å². The molecular formula is C15H13Cl2NO3. The van der Waals surface area contributed by atoms with Gasteiger partial charge in [-0.25, -0.2) is 9.78 Å². The lowest BCUT2D eigenvalue weighted by Crippen LogP contribution is -2.09. The van der Waals surface area contributed by atoms with Crippen LogP contribution < -0.4 is 0 Å². The molecular weight excluding hydrogens is 313 g/mol. The fourth-order valence-corrected chi connectivity index (χ4v) is 2.10. The molecule has 0 fully saturated rings. The maximum Gasteiger partial charge on any atom is 0.338 e. The predicted molar refractivity (Wildman–Crippen MR) is 80.5 cm³/mol. The van der Waals surface area contributed by atoms with Gasteiger partial charge in [-0.15, -0.1) is 0 Å². The Kier molecular flexibility index (Phi) is 5.56. The van der Waals surface area contributed by atoms with Crippen molar-refractivity contribution in [2.24, 2.45) is 0 Å². The fourth-order valence-electron chi connectivity index (χ4n) is 1.77. The van der Waals surface area contributed by atoms with Gasteiger partial charge in [0, 0.05) is 7.11 Å². The molecule has 1 aromatic carbocycles. The topological polar surface area (TPSA) is 48.4 Å². The second-order valence-corrected chi connectivity index (χ2v) is 5.02. The summed E-state index contributed by atoms with van der Waals surface area (Å²) in [5.41, 5.74) is 1.63. The number of benzene rings is 1. The summed E-state index contributed by atoms with van der Waals surface area (Å²) >= 11 is 11.8. The van der Waals surface area contributed by atoms with Gasteiger partial charge in [-0.1, -0.05) is 41.4 Å². The maximum absolute atomic E-state index is 12.1. The number of esters is 1. The number of nitrogens with zero attached hydrogens (tertiary/aromatic N) is 1. The molecule has 0 amide bonds. The van der Waals surface area contributed by atoms with Gasteiger partial charge < -0.3 is 9.47 Å². The summed E-state index contributed by atoms with van der Waals surface area (Å²) in [6, 6.07) is 10.3. The van der Waals surface area contributed by atoms with Gasteiger partial charge in [0.25, 0.3) is 0 Å². The van der Waals surface area contributed by atoms with Crippen LogP contribution in [0.25, 0.3) is 0 Å². The molecule has 0 aliphatic carbocycles. The first-order valence-corrected chi connectivity index (χ1v) is 6.92. The number of carbonyl (C=O) groups is 1. The van der Waals surface area contributed by atoms with Crippen LogP contribution in [0.1, 0.15) is 21.6 Å². The Bertz CT molecular complexity index is 647. The molecule has 4 nitrogen and oxygen atoms in total. The lowest BCUT2D eigenvalue weighted by atomic mass is 10.1. The molecule has 0 bridgehead atoms. The summed E-state index contributed by atoms with van der Waals surface area (Å²) in [6.07, 6.45) is 0. The number of hydrogen-bond donors (Lipinski definition) is 0. The van der Waals surface area contributed by atoms with Crippen molar-refractivity contribution in [2.45, 2.75) is 13.2 Å². The SMILES string of the molecule is COCc1ccccc1C(=O)OCc1nc(Cl)ccc1Cl. The molecule has 0 aliphatic heterocycles. The number of aromatic nitrogens is 1. The van der Waals surface area contributed by atoms with E-state index in [1.165, 1.54) is 0 Å². The normalized spacial score (nSPS) is 10.4. The van der Waals surface area contributed by atoms with E-state index in [0.717, 1.165) is 5.56 Å². The lowest BCUT2D eigenvalue weighted by molar-refractivity contribution is 0.0463. The van der Waals surface area contributed by atoms with E-state index in [1.807, 2.05) is 12.1 Å². The highest BCUT2D eigenvalue weighted by Gasteiger charge is 2.13. The van der Waals surface area contributed by atoms with Gasteiger partial charge in [0.05, 0.1) is 22.9 Å². The fraction of sp³-hybridized carbons (Fsp3) is 0.200. The number of pyridine rings is 1. The Balaban J connectivity index is 2.10. The number of rotatable bonds is 5. The quantitative estimate of drug-likeness (QED) is 0.618. The lowest BCUT2D eigenvalue weighted by Gasteiger charge is -2.09. The van der Waals surface area contributed by atoms with Crippen LogP contribution in [0.2, 0.25) is 10.2 Å². The Morgan fingerprint density at radius 3 is 2.67 bits per heavy atom. The first-order chi connectivity index (χ1) is 10.1. The van der Waals surface area contributed by atoms with Gasteiger partial charge in [-0.3, -0.25) is 0 Å². The Morgan fingerprint density at radius 2 is 1.90 bits per heavy atom. The van der Waals surface area contributed by atoms with Gasteiger partial charge in [0.1, 0.15) is 11.8 Å². The molecule has 0 atom stereocenters. The summed E-state index contributed by atoms with van der Waals surface area (Å²) < 4.78 is 10.3. The Labute approximate surface area is 132 Å². The molecule has 2 rings (SSSR count). The van der Waals surface area contributed by atoms with E-state index < -0.39 is 5.97 Å². The Morgan fingerprint density at radius 1 is 1.14 bits per heavy atom. The second kappa shape index (κ2) is 7.41. The first-order valence-electron chi connectivity index (χ1n) is 6.16. The van der Waals surface area contributed by atoms with Gasteiger partial charge in [0.2, 0.25) is 0 Å². The van der Waals surface area contributed by atoms with Crippen molar-refractivity contribution in [3.8, 4) is 0 Å². The summed E-state index contributed by atoms with van der Waals surface area (Å²) in [5, 5.41) is 0.697. The number of hydrogen-bond acceptors (Lipinski definition) is 4. The van der Waals surface area contributed by atoms with E-state index in [-0.39, 0.29) is 6.61 Å². The van der Waals surface area contributed by atoms with E-state index in [9.17, 15) is 4.79 Å². The molecule has 21 heavy (non-hydrogen) atoms. The van der Waals surface area contributed by atoms with Gasteiger partial charge >= 0.3 is 5.97 Å². The minimum absolute atomic E-state index is 0.0421. The molecule has 1 heterocycles. The molecule has 0 spiro atoms. The minimum atomic E-state index is -0.458. The van der Waals surface area contributed by atoms with Crippen molar-refractivity contribution in [2.75, 3.05) is 7.11 Å². The van der Waals surface area contributed by atoms with Crippen LogP contribution in [-0.4, -0.2) is 18.1 Å². The monoisotopic (exact) mass is 325 g/mol. The largest absolute Gasteiger partial charge is 0.456 e. The zero-order chi connectivity index (χ0) is 15.2. The maximum atomic E-state index is 12.1. The van der Waals surface area contributed by atoms with E-state index in [2.05, 4.69) is 4.98 Å². The zero-order valence-electron chi connectivity index (χ0n) is 11.3. The molecule has 0 radical (unpaired) electrons. The third-order valence-electron chi connectivity index (χ3n) is 2.76. The summed E-state index contributed by atoms with van der Waals surface area (Å²) in [6.45, 7) is 0.293. The highest BCUT2D eigenvalue weighted by Crippen LogP contribution is 2.19. The smallest absolute Gasteiger partial charge is 0.338 e.